The maximum absolute atomic E-state index is 13.1. The van der Waals surface area contributed by atoms with E-state index in [1.165, 1.54) is 29.8 Å². The van der Waals surface area contributed by atoms with Gasteiger partial charge in [-0.15, -0.1) is 22.7 Å². The van der Waals surface area contributed by atoms with Crippen LogP contribution in [0.1, 0.15) is 63.4 Å². The van der Waals surface area contributed by atoms with Gasteiger partial charge in [0.2, 0.25) is 0 Å². The number of nitrogens with one attached hydrogen (secondary N) is 1. The lowest BCUT2D eigenvalue weighted by atomic mass is 9.72. The fourth-order valence-corrected chi connectivity index (χ4v) is 6.49. The number of aryl methyl sites for hydroxylation is 1. The maximum atomic E-state index is 13.1. The Morgan fingerprint density at radius 3 is 2.68 bits per heavy atom. The second kappa shape index (κ2) is 7.91. The van der Waals surface area contributed by atoms with Crippen LogP contribution >= 0.6 is 22.7 Å². The number of amides is 1. The van der Waals surface area contributed by atoms with Gasteiger partial charge in [0.25, 0.3) is 5.91 Å². The quantitative estimate of drug-likeness (QED) is 0.511. The van der Waals surface area contributed by atoms with E-state index in [1.54, 1.807) is 0 Å². The summed E-state index contributed by atoms with van der Waals surface area (Å²) >= 11 is 2.74. The number of carbonyl (C=O) groups is 2. The molecule has 0 aromatic carbocycles. The molecule has 3 aromatic heterocycles. The largest absolute Gasteiger partial charge is 0.465 e. The Morgan fingerprint density at radius 2 is 2.00 bits per heavy atom. The molecular formula is C23H27N3O3S2. The predicted octanol–water partition coefficient (Wildman–Crippen LogP) is 5.44. The maximum Gasteiger partial charge on any atom is 0.341 e. The van der Waals surface area contributed by atoms with E-state index < -0.39 is 5.97 Å². The molecule has 3 aromatic rings. The third-order valence-electron chi connectivity index (χ3n) is 6.05. The molecule has 0 aliphatic heterocycles. The van der Waals surface area contributed by atoms with E-state index >= 15 is 0 Å². The van der Waals surface area contributed by atoms with E-state index in [-0.39, 0.29) is 11.3 Å². The molecule has 6 nitrogen and oxygen atoms in total. The summed E-state index contributed by atoms with van der Waals surface area (Å²) in [5.41, 5.74) is 9.22. The molecule has 164 valence electrons. The number of pyridine rings is 1. The molecule has 0 saturated carbocycles. The standard InChI is InChI=1S/C23H27N3O3S2/c1-11-6-8-14-17(24)18(31-20(14)25-11)19(27)26-21-16(22(28)29-5)13-9-7-12(23(2,3)4)10-15(13)30-21/h6,8,12H,7,9-10,24H2,1-5H3,(H,26,27). The number of rotatable bonds is 3. The minimum Gasteiger partial charge on any atom is -0.465 e. The number of thiophene rings is 2. The molecule has 0 radical (unpaired) electrons. The van der Waals surface area contributed by atoms with Gasteiger partial charge in [0.15, 0.2) is 0 Å². The number of fused-ring (bicyclic) bond motifs is 2. The number of methoxy groups -OCH3 is 1. The zero-order chi connectivity index (χ0) is 22.5. The van der Waals surface area contributed by atoms with Crippen LogP contribution < -0.4 is 11.1 Å². The summed E-state index contributed by atoms with van der Waals surface area (Å²) in [6, 6.07) is 3.76. The van der Waals surface area contributed by atoms with Crippen molar-refractivity contribution in [2.75, 3.05) is 18.2 Å². The first-order valence-electron chi connectivity index (χ1n) is 10.3. The topological polar surface area (TPSA) is 94.3 Å². The highest BCUT2D eigenvalue weighted by atomic mass is 32.1. The Kier molecular flexibility index (Phi) is 5.55. The van der Waals surface area contributed by atoms with Crippen LogP contribution in [0.5, 0.6) is 0 Å². The average Bonchev–Trinajstić information content (AvgIpc) is 3.23. The third kappa shape index (κ3) is 3.94. The van der Waals surface area contributed by atoms with Gasteiger partial charge in [-0.05, 0) is 55.2 Å². The van der Waals surface area contributed by atoms with Gasteiger partial charge in [-0.25, -0.2) is 9.78 Å². The fourth-order valence-electron chi connectivity index (χ4n) is 4.15. The predicted molar refractivity (Wildman–Crippen MR) is 127 cm³/mol. The lowest BCUT2D eigenvalue weighted by Gasteiger charge is -2.33. The summed E-state index contributed by atoms with van der Waals surface area (Å²) < 4.78 is 5.05. The van der Waals surface area contributed by atoms with Crippen LogP contribution in [0.3, 0.4) is 0 Å². The van der Waals surface area contributed by atoms with Gasteiger partial charge >= 0.3 is 5.97 Å². The van der Waals surface area contributed by atoms with Crippen molar-refractivity contribution >= 4 is 55.5 Å². The van der Waals surface area contributed by atoms with Gasteiger partial charge < -0.3 is 15.8 Å². The smallest absolute Gasteiger partial charge is 0.341 e. The van der Waals surface area contributed by atoms with Crippen molar-refractivity contribution in [2.24, 2.45) is 11.3 Å². The van der Waals surface area contributed by atoms with Crippen molar-refractivity contribution in [3.05, 3.63) is 38.7 Å². The van der Waals surface area contributed by atoms with E-state index in [0.717, 1.165) is 45.6 Å². The van der Waals surface area contributed by atoms with Gasteiger partial charge in [-0.1, -0.05) is 20.8 Å². The van der Waals surface area contributed by atoms with Crippen LogP contribution in [0.25, 0.3) is 10.2 Å². The zero-order valence-corrected chi connectivity index (χ0v) is 20.1. The number of carbonyl (C=O) groups excluding carboxylic acids is 2. The zero-order valence-electron chi connectivity index (χ0n) is 18.4. The molecule has 31 heavy (non-hydrogen) atoms. The summed E-state index contributed by atoms with van der Waals surface area (Å²) in [5, 5.41) is 4.26. The molecule has 3 heterocycles. The molecule has 0 spiro atoms. The normalized spacial score (nSPS) is 16.2. The molecule has 1 aliphatic rings. The Bertz CT molecular complexity index is 1190. The van der Waals surface area contributed by atoms with Crippen LogP contribution in [0.15, 0.2) is 12.1 Å². The van der Waals surface area contributed by atoms with E-state index in [0.29, 0.717) is 27.0 Å². The van der Waals surface area contributed by atoms with Gasteiger partial charge in [0, 0.05) is 16.0 Å². The number of nitrogens with zero attached hydrogens (tertiary/aromatic N) is 1. The Labute approximate surface area is 189 Å². The van der Waals surface area contributed by atoms with E-state index in [4.69, 9.17) is 10.5 Å². The molecular weight excluding hydrogens is 430 g/mol. The second-order valence-corrected chi connectivity index (χ2v) is 11.2. The summed E-state index contributed by atoms with van der Waals surface area (Å²) in [7, 11) is 1.37. The van der Waals surface area contributed by atoms with Crippen LogP contribution in [-0.4, -0.2) is 24.0 Å². The average molecular weight is 458 g/mol. The molecule has 1 unspecified atom stereocenters. The van der Waals surface area contributed by atoms with E-state index in [9.17, 15) is 9.59 Å². The van der Waals surface area contributed by atoms with Crippen molar-refractivity contribution in [3.8, 4) is 0 Å². The highest BCUT2D eigenvalue weighted by Crippen LogP contribution is 2.45. The molecule has 1 amide bonds. The Balaban J connectivity index is 1.70. The molecule has 4 rings (SSSR count). The molecule has 8 heteroatoms. The highest BCUT2D eigenvalue weighted by molar-refractivity contribution is 7.21. The number of aromatic nitrogens is 1. The number of anilines is 2. The summed E-state index contributed by atoms with van der Waals surface area (Å²) in [5.74, 6) is -0.210. The summed E-state index contributed by atoms with van der Waals surface area (Å²) in [4.78, 5) is 32.5. The number of ether oxygens (including phenoxy) is 1. The number of hydrogen-bond acceptors (Lipinski definition) is 7. The second-order valence-electron chi connectivity index (χ2n) is 9.11. The summed E-state index contributed by atoms with van der Waals surface area (Å²) in [6.07, 6.45) is 2.72. The monoisotopic (exact) mass is 457 g/mol. The Morgan fingerprint density at radius 1 is 1.26 bits per heavy atom. The Hall–Kier alpha value is -2.45. The van der Waals surface area contributed by atoms with Gasteiger partial charge in [0.05, 0.1) is 18.4 Å². The van der Waals surface area contributed by atoms with Crippen molar-refractivity contribution in [3.63, 3.8) is 0 Å². The first-order valence-corrected chi connectivity index (χ1v) is 11.9. The lowest BCUT2D eigenvalue weighted by Crippen LogP contribution is -2.26. The number of nitrogens with two attached hydrogens (primary N) is 1. The molecule has 1 aliphatic carbocycles. The van der Waals surface area contributed by atoms with Crippen LogP contribution in [0.4, 0.5) is 10.7 Å². The SMILES string of the molecule is COC(=O)c1c(NC(=O)c2sc3nc(C)ccc3c2N)sc2c1CCC(C(C)(C)C)C2. The number of hydrogen-bond donors (Lipinski definition) is 2. The minimum atomic E-state index is -0.413. The highest BCUT2D eigenvalue weighted by Gasteiger charge is 2.34. The minimum absolute atomic E-state index is 0.188. The molecule has 0 bridgehead atoms. The first-order chi connectivity index (χ1) is 14.6. The van der Waals surface area contributed by atoms with Crippen LogP contribution in [0.2, 0.25) is 0 Å². The van der Waals surface area contributed by atoms with Gasteiger partial charge in [-0.3, -0.25) is 4.79 Å². The van der Waals surface area contributed by atoms with Crippen LogP contribution in [-0.2, 0) is 17.6 Å². The van der Waals surface area contributed by atoms with Crippen molar-refractivity contribution in [2.45, 2.75) is 47.0 Å². The van der Waals surface area contributed by atoms with Crippen molar-refractivity contribution < 1.29 is 14.3 Å². The molecule has 1 atom stereocenters. The van der Waals surface area contributed by atoms with Crippen LogP contribution in [0, 0.1) is 18.3 Å². The molecule has 0 fully saturated rings. The lowest BCUT2D eigenvalue weighted by molar-refractivity contribution is 0.0600. The van der Waals surface area contributed by atoms with E-state index in [2.05, 4.69) is 31.1 Å². The van der Waals surface area contributed by atoms with Gasteiger partial charge in [0.1, 0.15) is 14.7 Å². The number of nitrogen functional groups attached to an aromatic ring is 1. The van der Waals surface area contributed by atoms with E-state index in [1.807, 2.05) is 19.1 Å². The van der Waals surface area contributed by atoms with Crippen molar-refractivity contribution in [1.29, 1.82) is 0 Å². The fraction of sp³-hybridized carbons (Fsp3) is 0.435. The number of esters is 1. The molecule has 3 N–H and O–H groups in total. The first kappa shape index (κ1) is 21.8. The third-order valence-corrected chi connectivity index (χ3v) is 8.33. The van der Waals surface area contributed by atoms with Crippen molar-refractivity contribution in [1.82, 2.24) is 4.98 Å². The molecule has 0 saturated heterocycles. The van der Waals surface area contributed by atoms with Gasteiger partial charge in [-0.2, -0.15) is 0 Å². The summed E-state index contributed by atoms with van der Waals surface area (Å²) in [6.45, 7) is 8.65.